The van der Waals surface area contributed by atoms with E-state index in [1.807, 2.05) is 6.07 Å². The van der Waals surface area contributed by atoms with E-state index in [1.165, 1.54) is 17.4 Å². The van der Waals surface area contributed by atoms with E-state index in [9.17, 15) is 13.6 Å². The minimum absolute atomic E-state index is 0.0494. The number of anilines is 1. The van der Waals surface area contributed by atoms with E-state index in [0.29, 0.717) is 15.5 Å². The van der Waals surface area contributed by atoms with Crippen molar-refractivity contribution < 1.29 is 13.6 Å². The van der Waals surface area contributed by atoms with Crippen molar-refractivity contribution in [2.45, 2.75) is 4.90 Å². The zero-order chi connectivity index (χ0) is 14.5. The van der Waals surface area contributed by atoms with E-state index in [4.69, 9.17) is 5.26 Å². The standard InChI is InChI=1S/C13H8F2N2OS2/c14-10-2-1-9(5-11(10)15)20-7-12(18)17-13-8(6-16)3-4-19-13/h1-5H,7H2,(H,17,18). The molecule has 0 saturated carbocycles. The third kappa shape index (κ3) is 3.56. The highest BCUT2D eigenvalue weighted by Gasteiger charge is 2.09. The SMILES string of the molecule is N#Cc1ccsc1NC(=O)CSc1ccc(F)c(F)c1. The number of amides is 1. The van der Waals surface area contributed by atoms with E-state index in [2.05, 4.69) is 5.32 Å². The van der Waals surface area contributed by atoms with Crippen LogP contribution in [0.2, 0.25) is 0 Å². The molecule has 3 nitrogen and oxygen atoms in total. The maximum Gasteiger partial charge on any atom is 0.235 e. The molecular formula is C13H8F2N2OS2. The molecule has 0 fully saturated rings. The molecule has 102 valence electrons. The summed E-state index contributed by atoms with van der Waals surface area (Å²) in [7, 11) is 0. The molecule has 0 aliphatic rings. The average Bonchev–Trinajstić information content (AvgIpc) is 2.87. The van der Waals surface area contributed by atoms with Gasteiger partial charge in [0, 0.05) is 4.90 Å². The lowest BCUT2D eigenvalue weighted by Gasteiger charge is -2.04. The number of nitrogens with zero attached hydrogens (tertiary/aromatic N) is 1. The number of hydrogen-bond acceptors (Lipinski definition) is 4. The largest absolute Gasteiger partial charge is 0.316 e. The third-order valence-corrected chi connectivity index (χ3v) is 4.12. The second kappa shape index (κ2) is 6.50. The fourth-order valence-corrected chi connectivity index (χ4v) is 2.85. The van der Waals surface area contributed by atoms with Crippen molar-refractivity contribution in [1.82, 2.24) is 0 Å². The van der Waals surface area contributed by atoms with Gasteiger partial charge in [-0.2, -0.15) is 5.26 Å². The second-order valence-electron chi connectivity index (χ2n) is 3.69. The number of carbonyl (C=O) groups is 1. The molecular weight excluding hydrogens is 302 g/mol. The first-order valence-electron chi connectivity index (χ1n) is 5.45. The summed E-state index contributed by atoms with van der Waals surface area (Å²) < 4.78 is 25.7. The smallest absolute Gasteiger partial charge is 0.235 e. The Morgan fingerprint density at radius 1 is 1.35 bits per heavy atom. The fourth-order valence-electron chi connectivity index (χ4n) is 1.37. The zero-order valence-corrected chi connectivity index (χ0v) is 11.7. The van der Waals surface area contributed by atoms with Gasteiger partial charge in [-0.25, -0.2) is 8.78 Å². The van der Waals surface area contributed by atoms with E-state index in [0.717, 1.165) is 23.9 Å². The van der Waals surface area contributed by atoms with E-state index < -0.39 is 11.6 Å². The van der Waals surface area contributed by atoms with Crippen molar-refractivity contribution in [3.8, 4) is 6.07 Å². The summed E-state index contributed by atoms with van der Waals surface area (Å²) in [5.74, 6) is -2.12. The van der Waals surface area contributed by atoms with Gasteiger partial charge in [-0.3, -0.25) is 4.79 Å². The van der Waals surface area contributed by atoms with Crippen LogP contribution < -0.4 is 5.32 Å². The molecule has 0 aliphatic heterocycles. The molecule has 7 heteroatoms. The van der Waals surface area contributed by atoms with Gasteiger partial charge >= 0.3 is 0 Å². The molecule has 1 amide bonds. The topological polar surface area (TPSA) is 52.9 Å². The molecule has 1 aromatic carbocycles. The van der Waals surface area contributed by atoms with Crippen LogP contribution in [0, 0.1) is 23.0 Å². The molecule has 1 N–H and O–H groups in total. The van der Waals surface area contributed by atoms with Gasteiger partial charge in [0.2, 0.25) is 5.91 Å². The van der Waals surface area contributed by atoms with Gasteiger partial charge in [-0.15, -0.1) is 23.1 Å². The zero-order valence-electron chi connectivity index (χ0n) is 10.0. The van der Waals surface area contributed by atoms with Crippen molar-refractivity contribution >= 4 is 34.0 Å². The highest BCUT2D eigenvalue weighted by atomic mass is 32.2. The van der Waals surface area contributed by atoms with E-state index in [1.54, 1.807) is 11.4 Å². The Labute approximate surface area is 122 Å². The van der Waals surface area contributed by atoms with E-state index in [-0.39, 0.29) is 11.7 Å². The quantitative estimate of drug-likeness (QED) is 0.877. The van der Waals surface area contributed by atoms with Crippen LogP contribution in [0.3, 0.4) is 0 Å². The Kier molecular flexibility index (Phi) is 4.71. The fraction of sp³-hybridized carbons (Fsp3) is 0.0769. The second-order valence-corrected chi connectivity index (χ2v) is 5.65. The summed E-state index contributed by atoms with van der Waals surface area (Å²) in [5, 5.41) is 13.6. The first kappa shape index (κ1) is 14.5. The van der Waals surface area contributed by atoms with Gasteiger partial charge in [0.05, 0.1) is 11.3 Å². The molecule has 0 saturated heterocycles. The number of carbonyl (C=O) groups excluding carboxylic acids is 1. The Morgan fingerprint density at radius 3 is 2.85 bits per heavy atom. The summed E-state index contributed by atoms with van der Waals surface area (Å²) in [6.07, 6.45) is 0. The van der Waals surface area contributed by atoms with Crippen molar-refractivity contribution in [3.63, 3.8) is 0 Å². The van der Waals surface area contributed by atoms with Crippen LogP contribution in [0.5, 0.6) is 0 Å². The lowest BCUT2D eigenvalue weighted by Crippen LogP contribution is -2.13. The van der Waals surface area contributed by atoms with Gasteiger partial charge < -0.3 is 5.32 Å². The maximum absolute atomic E-state index is 13.0. The van der Waals surface area contributed by atoms with Gasteiger partial charge in [0.1, 0.15) is 11.1 Å². The molecule has 0 spiro atoms. The average molecular weight is 310 g/mol. The number of thiophene rings is 1. The number of halogens is 2. The Balaban J connectivity index is 1.92. The van der Waals surface area contributed by atoms with Gasteiger partial charge in [0.25, 0.3) is 0 Å². The van der Waals surface area contributed by atoms with Crippen LogP contribution in [-0.4, -0.2) is 11.7 Å². The normalized spacial score (nSPS) is 10.1. The maximum atomic E-state index is 13.0. The summed E-state index contributed by atoms with van der Waals surface area (Å²) >= 11 is 2.34. The Hall–Kier alpha value is -1.91. The van der Waals surface area contributed by atoms with Crippen molar-refractivity contribution in [1.29, 1.82) is 5.26 Å². The highest BCUT2D eigenvalue weighted by molar-refractivity contribution is 8.00. The molecule has 0 radical (unpaired) electrons. The number of nitriles is 1. The lowest BCUT2D eigenvalue weighted by atomic mass is 10.3. The number of thioether (sulfide) groups is 1. The molecule has 20 heavy (non-hydrogen) atoms. The lowest BCUT2D eigenvalue weighted by molar-refractivity contribution is -0.113. The Bertz CT molecular complexity index is 679. The molecule has 1 aromatic heterocycles. The number of benzene rings is 1. The molecule has 2 aromatic rings. The third-order valence-electron chi connectivity index (χ3n) is 2.30. The number of hydrogen-bond donors (Lipinski definition) is 1. The van der Waals surface area contributed by atoms with Crippen LogP contribution in [0.1, 0.15) is 5.56 Å². The van der Waals surface area contributed by atoms with Gasteiger partial charge in [0.15, 0.2) is 11.6 Å². The molecule has 1 heterocycles. The monoisotopic (exact) mass is 310 g/mol. The molecule has 0 aliphatic carbocycles. The summed E-state index contributed by atoms with van der Waals surface area (Å²) in [5.41, 5.74) is 0.404. The van der Waals surface area contributed by atoms with Crippen molar-refractivity contribution in [2.75, 3.05) is 11.1 Å². The van der Waals surface area contributed by atoms with Crippen LogP contribution in [0.4, 0.5) is 13.8 Å². The first-order valence-corrected chi connectivity index (χ1v) is 7.32. The molecule has 2 rings (SSSR count). The molecule has 0 bridgehead atoms. The minimum atomic E-state index is -0.944. The highest BCUT2D eigenvalue weighted by Crippen LogP contribution is 2.24. The number of rotatable bonds is 4. The van der Waals surface area contributed by atoms with Crippen LogP contribution in [0.25, 0.3) is 0 Å². The van der Waals surface area contributed by atoms with Gasteiger partial charge in [-0.1, -0.05) is 0 Å². The van der Waals surface area contributed by atoms with Crippen LogP contribution in [0.15, 0.2) is 34.5 Å². The predicted octanol–water partition coefficient (Wildman–Crippen LogP) is 3.63. The molecule has 0 unspecified atom stereocenters. The van der Waals surface area contributed by atoms with Gasteiger partial charge in [-0.05, 0) is 29.6 Å². The van der Waals surface area contributed by atoms with Crippen molar-refractivity contribution in [2.24, 2.45) is 0 Å². The Morgan fingerprint density at radius 2 is 2.15 bits per heavy atom. The molecule has 0 atom stereocenters. The summed E-state index contributed by atoms with van der Waals surface area (Å²) in [6, 6.07) is 7.04. The first-order chi connectivity index (χ1) is 9.60. The van der Waals surface area contributed by atoms with Crippen molar-refractivity contribution in [3.05, 3.63) is 46.8 Å². The number of nitrogens with one attached hydrogen (secondary N) is 1. The summed E-state index contributed by atoms with van der Waals surface area (Å²) in [6.45, 7) is 0. The van der Waals surface area contributed by atoms with Crippen LogP contribution >= 0.6 is 23.1 Å². The minimum Gasteiger partial charge on any atom is -0.316 e. The van der Waals surface area contributed by atoms with E-state index >= 15 is 0 Å². The van der Waals surface area contributed by atoms with Crippen LogP contribution in [-0.2, 0) is 4.79 Å². The summed E-state index contributed by atoms with van der Waals surface area (Å²) in [4.78, 5) is 12.2. The predicted molar refractivity (Wildman–Crippen MR) is 74.7 cm³/mol.